The van der Waals surface area contributed by atoms with Crippen LogP contribution in [0.2, 0.25) is 0 Å². The van der Waals surface area contributed by atoms with Crippen molar-refractivity contribution in [2.24, 2.45) is 5.92 Å². The fourth-order valence-corrected chi connectivity index (χ4v) is 2.29. The number of aliphatic hydroxyl groups is 1. The maximum absolute atomic E-state index is 8.96. The molecule has 2 nitrogen and oxygen atoms in total. The minimum Gasteiger partial charge on any atom is -0.394 e. The van der Waals surface area contributed by atoms with E-state index in [2.05, 4.69) is 13.5 Å². The highest BCUT2D eigenvalue weighted by Crippen LogP contribution is 2.52. The lowest BCUT2D eigenvalue weighted by Crippen LogP contribution is -2.27. The van der Waals surface area contributed by atoms with E-state index in [1.165, 1.54) is 12.0 Å². The zero-order valence-electron chi connectivity index (χ0n) is 7.55. The molecule has 2 rings (SSSR count). The van der Waals surface area contributed by atoms with E-state index in [9.17, 15) is 0 Å². The van der Waals surface area contributed by atoms with Crippen LogP contribution in [-0.2, 0) is 4.74 Å². The highest BCUT2D eigenvalue weighted by atomic mass is 16.6. The quantitative estimate of drug-likeness (QED) is 0.475. The molecule has 0 radical (unpaired) electrons. The van der Waals surface area contributed by atoms with E-state index in [4.69, 9.17) is 9.84 Å². The third-order valence-electron chi connectivity index (χ3n) is 3.17. The van der Waals surface area contributed by atoms with Gasteiger partial charge in [0.2, 0.25) is 0 Å². The van der Waals surface area contributed by atoms with Gasteiger partial charge in [-0.15, -0.1) is 0 Å². The van der Waals surface area contributed by atoms with Gasteiger partial charge in [0.25, 0.3) is 0 Å². The van der Waals surface area contributed by atoms with E-state index in [1.807, 2.05) is 0 Å². The first-order valence-corrected chi connectivity index (χ1v) is 4.66. The first-order chi connectivity index (χ1) is 5.69. The summed E-state index contributed by atoms with van der Waals surface area (Å²) in [6, 6.07) is 0. The second-order valence-corrected chi connectivity index (χ2v) is 4.13. The Bertz CT molecular complexity index is 212. The maximum Gasteiger partial charge on any atom is 0.118 e. The second kappa shape index (κ2) is 2.57. The van der Waals surface area contributed by atoms with Crippen LogP contribution in [0.4, 0.5) is 0 Å². The van der Waals surface area contributed by atoms with E-state index in [0.29, 0.717) is 5.92 Å². The van der Waals surface area contributed by atoms with E-state index >= 15 is 0 Å². The van der Waals surface area contributed by atoms with Gasteiger partial charge in [0.15, 0.2) is 0 Å². The van der Waals surface area contributed by atoms with Crippen LogP contribution in [0.3, 0.4) is 0 Å². The van der Waals surface area contributed by atoms with E-state index in [0.717, 1.165) is 12.8 Å². The molecule has 1 aliphatic heterocycles. The topological polar surface area (TPSA) is 32.8 Å². The van der Waals surface area contributed by atoms with Gasteiger partial charge in [-0.25, -0.2) is 0 Å². The van der Waals surface area contributed by atoms with E-state index in [-0.39, 0.29) is 18.3 Å². The summed E-state index contributed by atoms with van der Waals surface area (Å²) in [5, 5.41) is 8.96. The Morgan fingerprint density at radius 1 is 1.75 bits per heavy atom. The lowest BCUT2D eigenvalue weighted by molar-refractivity contribution is 0.225. The second-order valence-electron chi connectivity index (χ2n) is 4.13. The molecular formula is C10H16O2. The minimum absolute atomic E-state index is 0.0488. The van der Waals surface area contributed by atoms with Gasteiger partial charge in [0.1, 0.15) is 11.7 Å². The zero-order chi connectivity index (χ0) is 8.77. The highest BCUT2D eigenvalue weighted by Gasteiger charge is 2.59. The molecule has 0 bridgehead atoms. The molecule has 0 amide bonds. The molecule has 1 N–H and O–H groups in total. The van der Waals surface area contributed by atoms with Gasteiger partial charge in [-0.3, -0.25) is 0 Å². The number of hydrogen-bond donors (Lipinski definition) is 1. The standard InChI is InChI=1S/C10H16O2/c1-7-3-4-8(2)10(5-7)9(6-11)12-10/h7,9,11H,2-6H2,1H3/t7-,9?,10?/m1/s1. The fraction of sp³-hybridized carbons (Fsp3) is 0.800. The number of aliphatic hydroxyl groups excluding tert-OH is 1. The van der Waals surface area contributed by atoms with Gasteiger partial charge in [0, 0.05) is 0 Å². The fourth-order valence-electron chi connectivity index (χ4n) is 2.29. The summed E-state index contributed by atoms with van der Waals surface area (Å²) < 4.78 is 5.53. The van der Waals surface area contributed by atoms with Crippen molar-refractivity contribution < 1.29 is 9.84 Å². The molecule has 12 heavy (non-hydrogen) atoms. The highest BCUT2D eigenvalue weighted by molar-refractivity contribution is 5.27. The van der Waals surface area contributed by atoms with Crippen molar-refractivity contribution in [3.63, 3.8) is 0 Å². The molecule has 1 saturated heterocycles. The Kier molecular flexibility index (Phi) is 1.77. The summed E-state index contributed by atoms with van der Waals surface area (Å²) in [6.45, 7) is 6.41. The Morgan fingerprint density at radius 3 is 3.08 bits per heavy atom. The van der Waals surface area contributed by atoms with Crippen LogP contribution in [0.25, 0.3) is 0 Å². The third kappa shape index (κ3) is 1.02. The summed E-state index contributed by atoms with van der Waals surface area (Å²) in [6.07, 6.45) is 3.39. The van der Waals surface area contributed by atoms with E-state index < -0.39 is 0 Å². The molecule has 0 aromatic heterocycles. The largest absolute Gasteiger partial charge is 0.394 e. The monoisotopic (exact) mass is 168 g/mol. The Hall–Kier alpha value is -0.340. The number of rotatable bonds is 1. The zero-order valence-corrected chi connectivity index (χ0v) is 7.55. The van der Waals surface area contributed by atoms with Gasteiger partial charge in [0.05, 0.1) is 6.61 Å². The van der Waals surface area contributed by atoms with Crippen LogP contribution in [0.5, 0.6) is 0 Å². The molecule has 1 heterocycles. The van der Waals surface area contributed by atoms with Crippen LogP contribution in [0.1, 0.15) is 26.2 Å². The average molecular weight is 168 g/mol. The van der Waals surface area contributed by atoms with Crippen LogP contribution >= 0.6 is 0 Å². The first-order valence-electron chi connectivity index (χ1n) is 4.66. The molecule has 68 valence electrons. The summed E-state index contributed by atoms with van der Waals surface area (Å²) in [5.41, 5.74) is 1.08. The van der Waals surface area contributed by atoms with Crippen molar-refractivity contribution in [1.29, 1.82) is 0 Å². The minimum atomic E-state index is -0.119. The van der Waals surface area contributed by atoms with Crippen molar-refractivity contribution in [3.8, 4) is 0 Å². The molecule has 2 heteroatoms. The Labute approximate surface area is 73.2 Å². The lowest BCUT2D eigenvalue weighted by atomic mass is 9.77. The molecule has 0 aromatic carbocycles. The van der Waals surface area contributed by atoms with Gasteiger partial charge in [-0.1, -0.05) is 13.5 Å². The van der Waals surface area contributed by atoms with Crippen molar-refractivity contribution >= 4 is 0 Å². The number of epoxide rings is 1. The summed E-state index contributed by atoms with van der Waals surface area (Å²) in [4.78, 5) is 0. The molecule has 2 unspecified atom stereocenters. The van der Waals surface area contributed by atoms with Gasteiger partial charge in [-0.05, 0) is 30.8 Å². The lowest BCUT2D eigenvalue weighted by Gasteiger charge is -2.26. The van der Waals surface area contributed by atoms with Crippen LogP contribution in [0.15, 0.2) is 12.2 Å². The molecular weight excluding hydrogens is 152 g/mol. The van der Waals surface area contributed by atoms with Crippen LogP contribution in [0, 0.1) is 5.92 Å². The summed E-state index contributed by atoms with van der Waals surface area (Å²) in [5.74, 6) is 0.715. The van der Waals surface area contributed by atoms with Crippen LogP contribution in [-0.4, -0.2) is 23.4 Å². The molecule has 1 aliphatic carbocycles. The van der Waals surface area contributed by atoms with Crippen molar-refractivity contribution in [2.75, 3.05) is 6.61 Å². The molecule has 1 spiro atoms. The maximum atomic E-state index is 8.96. The molecule has 0 aromatic rings. The molecule has 3 atom stereocenters. The predicted molar refractivity (Wildman–Crippen MR) is 46.8 cm³/mol. The van der Waals surface area contributed by atoms with Gasteiger partial charge < -0.3 is 9.84 Å². The SMILES string of the molecule is C=C1CC[C@@H](C)CC12OC2CO. The number of ether oxygens (including phenoxy) is 1. The first kappa shape index (κ1) is 8.27. The third-order valence-corrected chi connectivity index (χ3v) is 3.17. The van der Waals surface area contributed by atoms with Gasteiger partial charge in [-0.2, -0.15) is 0 Å². The van der Waals surface area contributed by atoms with Crippen molar-refractivity contribution in [2.45, 2.75) is 37.9 Å². The predicted octanol–water partition coefficient (Wildman–Crippen LogP) is 1.49. The Morgan fingerprint density at radius 2 is 2.50 bits per heavy atom. The smallest absolute Gasteiger partial charge is 0.118 e. The van der Waals surface area contributed by atoms with Crippen LogP contribution < -0.4 is 0 Å². The average Bonchev–Trinajstić information content (AvgIpc) is 2.73. The Balaban J connectivity index is 2.09. The number of hydrogen-bond acceptors (Lipinski definition) is 2. The molecule has 1 saturated carbocycles. The summed E-state index contributed by atoms with van der Waals surface area (Å²) in [7, 11) is 0. The van der Waals surface area contributed by atoms with Gasteiger partial charge >= 0.3 is 0 Å². The molecule has 2 aliphatic rings. The summed E-state index contributed by atoms with van der Waals surface area (Å²) >= 11 is 0. The van der Waals surface area contributed by atoms with Crippen molar-refractivity contribution in [3.05, 3.63) is 12.2 Å². The normalized spacial score (nSPS) is 46.7. The van der Waals surface area contributed by atoms with Crippen molar-refractivity contribution in [1.82, 2.24) is 0 Å². The van der Waals surface area contributed by atoms with E-state index in [1.54, 1.807) is 0 Å². The molecule has 2 fully saturated rings.